The summed E-state index contributed by atoms with van der Waals surface area (Å²) in [5.74, 6) is 1.14. The van der Waals surface area contributed by atoms with Crippen molar-refractivity contribution in [3.63, 3.8) is 0 Å². The summed E-state index contributed by atoms with van der Waals surface area (Å²) in [5, 5.41) is 19.0. The summed E-state index contributed by atoms with van der Waals surface area (Å²) in [6.07, 6.45) is -4.33. The standard InChI is InChI=1S/C18H16F3N3OS/c1-2-24-16(14-5-3-4-6-15(14)25)22-23-17(24)26-11-12-7-9-13(10-8-12)18(19,20)21/h3-10,25H,2,11H2,1H3. The molecule has 0 aliphatic rings. The van der Waals surface area contributed by atoms with Crippen molar-refractivity contribution >= 4 is 11.8 Å². The fourth-order valence-corrected chi connectivity index (χ4v) is 3.44. The summed E-state index contributed by atoms with van der Waals surface area (Å²) in [7, 11) is 0. The van der Waals surface area contributed by atoms with E-state index in [4.69, 9.17) is 0 Å². The van der Waals surface area contributed by atoms with E-state index in [-0.39, 0.29) is 5.75 Å². The number of phenolic OH excluding ortho intramolecular Hbond substituents is 1. The van der Waals surface area contributed by atoms with E-state index in [1.54, 1.807) is 24.3 Å². The molecule has 0 spiro atoms. The monoisotopic (exact) mass is 379 g/mol. The molecule has 0 saturated heterocycles. The summed E-state index contributed by atoms with van der Waals surface area (Å²) in [6, 6.07) is 12.0. The maximum absolute atomic E-state index is 12.6. The lowest BCUT2D eigenvalue weighted by molar-refractivity contribution is -0.137. The Morgan fingerprint density at radius 2 is 1.73 bits per heavy atom. The molecule has 1 aromatic heterocycles. The fourth-order valence-electron chi connectivity index (χ4n) is 2.48. The van der Waals surface area contributed by atoms with E-state index in [9.17, 15) is 18.3 Å². The molecule has 0 fully saturated rings. The third-order valence-electron chi connectivity index (χ3n) is 3.83. The summed E-state index contributed by atoms with van der Waals surface area (Å²) < 4.78 is 39.7. The van der Waals surface area contributed by atoms with Gasteiger partial charge in [0.25, 0.3) is 0 Å². The van der Waals surface area contributed by atoms with Gasteiger partial charge in [-0.1, -0.05) is 36.0 Å². The molecule has 0 atom stereocenters. The summed E-state index contributed by atoms with van der Waals surface area (Å²) in [6.45, 7) is 2.54. The van der Waals surface area contributed by atoms with Crippen molar-refractivity contribution in [2.24, 2.45) is 0 Å². The first-order valence-corrected chi connectivity index (χ1v) is 8.89. The van der Waals surface area contributed by atoms with Crippen LogP contribution in [0.15, 0.2) is 53.7 Å². The number of nitrogens with zero attached hydrogens (tertiary/aromatic N) is 3. The number of hydrogen-bond donors (Lipinski definition) is 1. The minimum atomic E-state index is -4.33. The van der Waals surface area contributed by atoms with Crippen LogP contribution in [-0.4, -0.2) is 19.9 Å². The van der Waals surface area contributed by atoms with Crippen molar-refractivity contribution in [3.05, 3.63) is 59.7 Å². The largest absolute Gasteiger partial charge is 0.507 e. The highest BCUT2D eigenvalue weighted by atomic mass is 32.2. The van der Waals surface area contributed by atoms with E-state index in [1.165, 1.54) is 23.9 Å². The zero-order chi connectivity index (χ0) is 18.7. The molecule has 3 aromatic rings. The number of hydrogen-bond acceptors (Lipinski definition) is 4. The van der Waals surface area contributed by atoms with Gasteiger partial charge in [-0.15, -0.1) is 10.2 Å². The van der Waals surface area contributed by atoms with E-state index >= 15 is 0 Å². The fraction of sp³-hybridized carbons (Fsp3) is 0.222. The molecule has 0 aliphatic carbocycles. The molecule has 0 radical (unpaired) electrons. The van der Waals surface area contributed by atoms with Crippen LogP contribution in [0.2, 0.25) is 0 Å². The normalized spacial score (nSPS) is 11.7. The lowest BCUT2D eigenvalue weighted by Gasteiger charge is -2.09. The Kier molecular flexibility index (Phi) is 5.22. The molecule has 8 heteroatoms. The van der Waals surface area contributed by atoms with Crippen LogP contribution in [0.3, 0.4) is 0 Å². The van der Waals surface area contributed by atoms with Crippen molar-refractivity contribution in [1.82, 2.24) is 14.8 Å². The van der Waals surface area contributed by atoms with E-state index < -0.39 is 11.7 Å². The van der Waals surface area contributed by atoms with Crippen LogP contribution < -0.4 is 0 Å². The highest BCUT2D eigenvalue weighted by Gasteiger charge is 2.29. The van der Waals surface area contributed by atoms with Gasteiger partial charge < -0.3 is 9.67 Å². The van der Waals surface area contributed by atoms with Gasteiger partial charge >= 0.3 is 6.18 Å². The van der Waals surface area contributed by atoms with Crippen LogP contribution >= 0.6 is 11.8 Å². The first-order valence-electron chi connectivity index (χ1n) is 7.90. The maximum Gasteiger partial charge on any atom is 0.416 e. The number of phenols is 1. The zero-order valence-corrected chi connectivity index (χ0v) is 14.7. The molecule has 0 aliphatic heterocycles. The summed E-state index contributed by atoms with van der Waals surface area (Å²) in [4.78, 5) is 0. The molecule has 26 heavy (non-hydrogen) atoms. The van der Waals surface area contributed by atoms with E-state index in [0.29, 0.717) is 28.8 Å². The second kappa shape index (κ2) is 7.41. The Labute approximate surface area is 152 Å². The van der Waals surface area contributed by atoms with Crippen LogP contribution in [0.25, 0.3) is 11.4 Å². The molecule has 4 nitrogen and oxygen atoms in total. The molecule has 1 heterocycles. The van der Waals surface area contributed by atoms with Gasteiger partial charge in [0, 0.05) is 12.3 Å². The number of alkyl halides is 3. The van der Waals surface area contributed by atoms with Crippen molar-refractivity contribution in [3.8, 4) is 17.1 Å². The Morgan fingerprint density at radius 3 is 2.35 bits per heavy atom. The Hall–Kier alpha value is -2.48. The smallest absolute Gasteiger partial charge is 0.416 e. The van der Waals surface area contributed by atoms with Crippen molar-refractivity contribution in [2.45, 2.75) is 30.6 Å². The van der Waals surface area contributed by atoms with Crippen molar-refractivity contribution in [1.29, 1.82) is 0 Å². The Bertz CT molecular complexity index is 891. The molecular formula is C18H16F3N3OS. The Balaban J connectivity index is 1.78. The average Bonchev–Trinajstić information content (AvgIpc) is 3.02. The number of thioether (sulfide) groups is 1. The lowest BCUT2D eigenvalue weighted by Crippen LogP contribution is -2.04. The van der Waals surface area contributed by atoms with Crippen LogP contribution in [0.1, 0.15) is 18.1 Å². The van der Waals surface area contributed by atoms with Crippen LogP contribution in [-0.2, 0) is 18.5 Å². The zero-order valence-electron chi connectivity index (χ0n) is 13.9. The van der Waals surface area contributed by atoms with Gasteiger partial charge in [-0.05, 0) is 36.8 Å². The molecule has 136 valence electrons. The van der Waals surface area contributed by atoms with Crippen LogP contribution in [0.4, 0.5) is 13.2 Å². The second-order valence-corrected chi connectivity index (χ2v) is 6.49. The lowest BCUT2D eigenvalue weighted by atomic mass is 10.1. The second-order valence-electron chi connectivity index (χ2n) is 5.55. The number of aromatic hydroxyl groups is 1. The predicted octanol–water partition coefficient (Wildman–Crippen LogP) is 4.98. The summed E-state index contributed by atoms with van der Waals surface area (Å²) >= 11 is 1.39. The molecule has 0 amide bonds. The van der Waals surface area contributed by atoms with Gasteiger partial charge in [-0.25, -0.2) is 0 Å². The summed E-state index contributed by atoms with van der Waals surface area (Å²) in [5.41, 5.74) is 0.686. The van der Waals surface area contributed by atoms with E-state index in [2.05, 4.69) is 10.2 Å². The van der Waals surface area contributed by atoms with Gasteiger partial charge in [-0.3, -0.25) is 0 Å². The minimum Gasteiger partial charge on any atom is -0.507 e. The number of aromatic nitrogens is 3. The first kappa shape index (κ1) is 18.3. The van der Waals surface area contributed by atoms with Gasteiger partial charge in [0.05, 0.1) is 11.1 Å². The molecule has 0 unspecified atom stereocenters. The third kappa shape index (κ3) is 3.85. The third-order valence-corrected chi connectivity index (χ3v) is 4.87. The molecule has 1 N–H and O–H groups in total. The topological polar surface area (TPSA) is 50.9 Å². The average molecular weight is 379 g/mol. The number of benzene rings is 2. The highest BCUT2D eigenvalue weighted by molar-refractivity contribution is 7.98. The predicted molar refractivity (Wildman–Crippen MR) is 93.8 cm³/mol. The first-order chi connectivity index (χ1) is 12.4. The highest BCUT2D eigenvalue weighted by Crippen LogP contribution is 2.32. The molecular weight excluding hydrogens is 363 g/mol. The van der Waals surface area contributed by atoms with Crippen LogP contribution in [0, 0.1) is 0 Å². The minimum absolute atomic E-state index is 0.119. The SMILES string of the molecule is CCn1c(SCc2ccc(C(F)(F)F)cc2)nnc1-c1ccccc1O. The molecule has 3 rings (SSSR count). The van der Waals surface area contributed by atoms with Gasteiger partial charge in [-0.2, -0.15) is 13.2 Å². The van der Waals surface area contributed by atoms with Gasteiger partial charge in [0.1, 0.15) is 5.75 Å². The molecule has 2 aromatic carbocycles. The van der Waals surface area contributed by atoms with E-state index in [1.807, 2.05) is 11.5 Å². The Morgan fingerprint density at radius 1 is 1.04 bits per heavy atom. The number of halogens is 3. The van der Waals surface area contributed by atoms with E-state index in [0.717, 1.165) is 17.7 Å². The van der Waals surface area contributed by atoms with Crippen LogP contribution in [0.5, 0.6) is 5.75 Å². The molecule has 0 saturated carbocycles. The van der Waals surface area contributed by atoms with Gasteiger partial charge in [0.15, 0.2) is 11.0 Å². The van der Waals surface area contributed by atoms with Crippen molar-refractivity contribution < 1.29 is 18.3 Å². The quantitative estimate of drug-likeness (QED) is 0.635. The number of rotatable bonds is 5. The van der Waals surface area contributed by atoms with Crippen molar-refractivity contribution in [2.75, 3.05) is 0 Å². The number of para-hydroxylation sites is 1. The van der Waals surface area contributed by atoms with Gasteiger partial charge in [0.2, 0.25) is 0 Å². The maximum atomic E-state index is 12.6. The molecule has 0 bridgehead atoms.